The van der Waals surface area contributed by atoms with Gasteiger partial charge in [-0.15, -0.1) is 11.3 Å². The number of thiophene rings is 1. The summed E-state index contributed by atoms with van der Waals surface area (Å²) >= 11 is 1.62. The highest BCUT2D eigenvalue weighted by Crippen LogP contribution is 2.46. The average Bonchev–Trinajstić information content (AvgIpc) is 3.46. The third kappa shape index (κ3) is 2.43. The molecule has 3 aromatic heterocycles. The first kappa shape index (κ1) is 18.9. The van der Waals surface area contributed by atoms with Crippen LogP contribution in [0.2, 0.25) is 0 Å². The normalized spacial score (nSPS) is 11.5. The minimum Gasteiger partial charge on any atom is -0.299 e. The van der Waals surface area contributed by atoms with Crippen molar-refractivity contribution < 1.29 is 0 Å². The number of allylic oxidation sites excluding steroid dienone is 1. The lowest BCUT2D eigenvalue weighted by molar-refractivity contribution is 1.38. The Morgan fingerprint density at radius 2 is 1.47 bits per heavy atom. The summed E-state index contributed by atoms with van der Waals surface area (Å²) in [6.07, 6.45) is 1.69. The third-order valence-corrected chi connectivity index (χ3v) is 7.70. The zero-order valence-corrected chi connectivity index (χ0v) is 18.7. The number of aromatic nitrogens is 1. The quantitative estimate of drug-likeness (QED) is 0.250. The van der Waals surface area contributed by atoms with Crippen molar-refractivity contribution >= 4 is 65.6 Å². The zero-order chi connectivity index (χ0) is 22.8. The van der Waals surface area contributed by atoms with Crippen molar-refractivity contribution in [2.24, 2.45) is 0 Å². The number of nitrogens with zero attached hydrogens (tertiary/aromatic N) is 3. The van der Waals surface area contributed by atoms with Gasteiger partial charge in [-0.3, -0.25) is 4.40 Å². The lowest BCUT2D eigenvalue weighted by Gasteiger charge is -2.14. The lowest BCUT2D eigenvalue weighted by atomic mass is 9.92. The van der Waals surface area contributed by atoms with Crippen LogP contribution in [0.15, 0.2) is 90.5 Å². The second-order valence-electron chi connectivity index (χ2n) is 8.42. The molecule has 0 aliphatic rings. The molecule has 0 saturated heterocycles. The Hall–Kier alpha value is -4.64. The first-order valence-electron chi connectivity index (χ1n) is 11.0. The fourth-order valence-corrected chi connectivity index (χ4v) is 6.40. The van der Waals surface area contributed by atoms with Crippen molar-refractivity contribution in [1.29, 1.82) is 10.5 Å². The highest BCUT2D eigenvalue weighted by molar-refractivity contribution is 7.19. The molecule has 0 aliphatic carbocycles. The maximum atomic E-state index is 9.28. The molecule has 4 heteroatoms. The van der Waals surface area contributed by atoms with Crippen molar-refractivity contribution in [2.45, 2.75) is 0 Å². The van der Waals surface area contributed by atoms with Gasteiger partial charge >= 0.3 is 0 Å². The van der Waals surface area contributed by atoms with Gasteiger partial charge in [-0.1, -0.05) is 66.7 Å². The summed E-state index contributed by atoms with van der Waals surface area (Å²) in [5.74, 6) is 0. The number of hydrogen-bond donors (Lipinski definition) is 0. The minimum atomic E-state index is 0.114. The summed E-state index contributed by atoms with van der Waals surface area (Å²) in [7, 11) is 0. The monoisotopic (exact) mass is 449 g/mol. The maximum Gasteiger partial charge on any atom is 0.131 e. The van der Waals surface area contributed by atoms with E-state index in [2.05, 4.69) is 83.3 Å². The predicted molar refractivity (Wildman–Crippen MR) is 141 cm³/mol. The van der Waals surface area contributed by atoms with E-state index >= 15 is 0 Å². The second-order valence-corrected chi connectivity index (χ2v) is 9.48. The molecule has 3 nitrogen and oxygen atoms in total. The van der Waals surface area contributed by atoms with Crippen LogP contribution in [-0.2, 0) is 0 Å². The van der Waals surface area contributed by atoms with Crippen molar-refractivity contribution in [3.63, 3.8) is 0 Å². The van der Waals surface area contributed by atoms with Gasteiger partial charge in [0.25, 0.3) is 0 Å². The Bertz CT molecular complexity index is 2010. The Morgan fingerprint density at radius 1 is 0.735 bits per heavy atom. The zero-order valence-electron chi connectivity index (χ0n) is 17.9. The molecule has 0 N–H and O–H groups in total. The number of benzene rings is 4. The SMILES string of the molecule is N#CC(C#N)=Cc1cc2c3cccc4c(-c5ccccc5)cc5c6ccccc6n(c2s1)c5c43. The number of hydrogen-bond acceptors (Lipinski definition) is 3. The van der Waals surface area contributed by atoms with Crippen molar-refractivity contribution in [2.75, 3.05) is 0 Å². The molecule has 34 heavy (non-hydrogen) atoms. The molecule has 0 radical (unpaired) electrons. The van der Waals surface area contributed by atoms with Crippen LogP contribution in [0.3, 0.4) is 0 Å². The number of fused-ring (bicyclic) bond motifs is 6. The molecular weight excluding hydrogens is 434 g/mol. The predicted octanol–water partition coefficient (Wildman–Crippen LogP) is 8.15. The van der Waals surface area contributed by atoms with Crippen LogP contribution in [0, 0.1) is 22.7 Å². The van der Waals surface area contributed by atoms with Gasteiger partial charge in [0, 0.05) is 26.4 Å². The number of para-hydroxylation sites is 1. The van der Waals surface area contributed by atoms with Gasteiger partial charge in [-0.2, -0.15) is 10.5 Å². The second kappa shape index (κ2) is 6.93. The average molecular weight is 450 g/mol. The molecule has 0 fully saturated rings. The largest absolute Gasteiger partial charge is 0.299 e. The molecule has 0 amide bonds. The summed E-state index contributed by atoms with van der Waals surface area (Å²) in [6, 6.07) is 34.0. The van der Waals surface area contributed by atoms with E-state index in [-0.39, 0.29) is 5.57 Å². The first-order valence-corrected chi connectivity index (χ1v) is 11.8. The molecule has 0 aliphatic heterocycles. The maximum absolute atomic E-state index is 9.28. The van der Waals surface area contributed by atoms with Crippen LogP contribution in [-0.4, -0.2) is 4.40 Å². The van der Waals surface area contributed by atoms with Crippen LogP contribution in [0.25, 0.3) is 65.4 Å². The first-order chi connectivity index (χ1) is 16.8. The van der Waals surface area contributed by atoms with Crippen molar-refractivity contribution in [1.82, 2.24) is 4.40 Å². The molecule has 0 spiro atoms. The van der Waals surface area contributed by atoms with E-state index in [0.29, 0.717) is 0 Å². The van der Waals surface area contributed by atoms with E-state index in [1.54, 1.807) is 17.4 Å². The van der Waals surface area contributed by atoms with E-state index in [9.17, 15) is 10.5 Å². The van der Waals surface area contributed by atoms with Gasteiger partial charge in [0.1, 0.15) is 22.5 Å². The molecule has 0 bridgehead atoms. The molecule has 0 atom stereocenters. The summed E-state index contributed by atoms with van der Waals surface area (Å²) in [5, 5.41) is 25.8. The van der Waals surface area contributed by atoms with Gasteiger partial charge in [0.15, 0.2) is 0 Å². The molecule has 0 unspecified atom stereocenters. The van der Waals surface area contributed by atoms with Crippen LogP contribution in [0.4, 0.5) is 0 Å². The van der Waals surface area contributed by atoms with Gasteiger partial charge in [0.05, 0.1) is 11.0 Å². The number of pyridine rings is 1. The van der Waals surface area contributed by atoms with E-state index in [4.69, 9.17) is 0 Å². The summed E-state index contributed by atoms with van der Waals surface area (Å²) < 4.78 is 2.37. The summed E-state index contributed by atoms with van der Waals surface area (Å²) in [6.45, 7) is 0. The fraction of sp³-hybridized carbons (Fsp3) is 0. The lowest BCUT2D eigenvalue weighted by Crippen LogP contribution is -1.91. The Kier molecular flexibility index (Phi) is 3.85. The van der Waals surface area contributed by atoms with Crippen molar-refractivity contribution in [3.8, 4) is 23.3 Å². The van der Waals surface area contributed by atoms with E-state index in [1.807, 2.05) is 18.2 Å². The number of rotatable bonds is 2. The van der Waals surface area contributed by atoms with Crippen LogP contribution in [0.5, 0.6) is 0 Å². The van der Waals surface area contributed by atoms with E-state index in [0.717, 1.165) is 20.6 Å². The Balaban J connectivity index is 1.76. The van der Waals surface area contributed by atoms with Crippen LogP contribution in [0.1, 0.15) is 4.88 Å². The molecule has 156 valence electrons. The molecule has 3 heterocycles. The molecule has 7 aromatic rings. The molecule has 0 saturated carbocycles. The smallest absolute Gasteiger partial charge is 0.131 e. The number of nitriles is 2. The topological polar surface area (TPSA) is 52.0 Å². The van der Waals surface area contributed by atoms with Gasteiger partial charge in [0.2, 0.25) is 0 Å². The van der Waals surface area contributed by atoms with Gasteiger partial charge in [-0.25, -0.2) is 0 Å². The van der Waals surface area contributed by atoms with E-state index < -0.39 is 0 Å². The standard InChI is InChI=1S/C30H15N3S/c31-16-18(17-32)13-20-14-26-23-11-6-10-22-24(19-7-2-1-3-8-19)15-25-21-9-4-5-12-27(21)33(30(26)34-20)29(25)28(22)23/h1-15H. The molecule has 7 rings (SSSR count). The van der Waals surface area contributed by atoms with Gasteiger partial charge in [-0.05, 0) is 46.2 Å². The van der Waals surface area contributed by atoms with Crippen LogP contribution >= 0.6 is 11.3 Å². The minimum absolute atomic E-state index is 0.114. The van der Waals surface area contributed by atoms with Crippen LogP contribution < -0.4 is 0 Å². The fourth-order valence-electron chi connectivity index (χ4n) is 5.27. The Morgan fingerprint density at radius 3 is 2.29 bits per heavy atom. The molecule has 4 aromatic carbocycles. The summed E-state index contributed by atoms with van der Waals surface area (Å²) in [4.78, 5) is 2.03. The van der Waals surface area contributed by atoms with Crippen molar-refractivity contribution in [3.05, 3.63) is 95.4 Å². The summed E-state index contributed by atoms with van der Waals surface area (Å²) in [5.41, 5.74) is 4.92. The highest BCUT2D eigenvalue weighted by Gasteiger charge is 2.21. The Labute approximate surface area is 199 Å². The van der Waals surface area contributed by atoms with E-state index in [1.165, 1.54) is 43.6 Å². The van der Waals surface area contributed by atoms with Gasteiger partial charge < -0.3 is 0 Å². The third-order valence-electron chi connectivity index (χ3n) is 6.63. The highest BCUT2D eigenvalue weighted by atomic mass is 32.1. The molecular formula is C30H15N3S.